The van der Waals surface area contributed by atoms with E-state index in [4.69, 9.17) is 0 Å². The molecular formula is C12H21. The third-order valence-electron chi connectivity index (χ3n) is 3.98. The maximum absolute atomic E-state index is 2.35. The third kappa shape index (κ3) is 1.41. The van der Waals surface area contributed by atoms with Crippen molar-refractivity contribution in [1.82, 2.24) is 0 Å². The van der Waals surface area contributed by atoms with Crippen molar-refractivity contribution >= 4 is 0 Å². The number of rotatable bonds is 1. The van der Waals surface area contributed by atoms with Crippen LogP contribution in [0.25, 0.3) is 0 Å². The van der Waals surface area contributed by atoms with Gasteiger partial charge in [0.15, 0.2) is 0 Å². The highest BCUT2D eigenvalue weighted by atomic mass is 14.4. The van der Waals surface area contributed by atoms with Crippen LogP contribution in [0.15, 0.2) is 0 Å². The lowest BCUT2D eigenvalue weighted by atomic mass is 9.61. The molecule has 12 heavy (non-hydrogen) atoms. The minimum Gasteiger partial charge on any atom is -0.0591 e. The van der Waals surface area contributed by atoms with Gasteiger partial charge in [0.25, 0.3) is 0 Å². The van der Waals surface area contributed by atoms with Crippen LogP contribution in [-0.4, -0.2) is 0 Å². The smallest absolute Gasteiger partial charge is 0.0267 e. The van der Waals surface area contributed by atoms with Crippen molar-refractivity contribution in [2.24, 2.45) is 17.8 Å². The summed E-state index contributed by atoms with van der Waals surface area (Å²) in [4.78, 5) is 0. The molecule has 2 saturated carbocycles. The van der Waals surface area contributed by atoms with E-state index in [1.807, 2.05) is 0 Å². The second-order valence-electron chi connectivity index (χ2n) is 4.99. The summed E-state index contributed by atoms with van der Waals surface area (Å²) in [6.07, 6.45) is 9.11. The lowest BCUT2D eigenvalue weighted by molar-refractivity contribution is 0.104. The average Bonchev–Trinajstić information content (AvgIpc) is 2.02. The van der Waals surface area contributed by atoms with Crippen molar-refractivity contribution in [2.45, 2.75) is 52.4 Å². The van der Waals surface area contributed by atoms with E-state index < -0.39 is 0 Å². The summed E-state index contributed by atoms with van der Waals surface area (Å²) < 4.78 is 0. The van der Waals surface area contributed by atoms with Gasteiger partial charge in [-0.2, -0.15) is 0 Å². The Hall–Kier alpha value is 0. The second kappa shape index (κ2) is 3.40. The van der Waals surface area contributed by atoms with Crippen LogP contribution in [-0.2, 0) is 0 Å². The van der Waals surface area contributed by atoms with Gasteiger partial charge in [-0.15, -0.1) is 0 Å². The molecule has 0 aromatic heterocycles. The fourth-order valence-electron chi connectivity index (χ4n) is 3.62. The van der Waals surface area contributed by atoms with Gasteiger partial charge in [0.2, 0.25) is 0 Å². The summed E-state index contributed by atoms with van der Waals surface area (Å²) in [5, 5.41) is 0. The van der Waals surface area contributed by atoms with Crippen LogP contribution in [0.4, 0.5) is 0 Å². The molecule has 0 amide bonds. The van der Waals surface area contributed by atoms with Crippen LogP contribution in [0, 0.1) is 23.7 Å². The molecule has 0 aromatic carbocycles. The molecule has 69 valence electrons. The summed E-state index contributed by atoms with van der Waals surface area (Å²) in [7, 11) is 0. The predicted octanol–water partition coefficient (Wildman–Crippen LogP) is 3.82. The molecule has 0 unspecified atom stereocenters. The Balaban J connectivity index is 2.08. The Morgan fingerprint density at radius 2 is 1.25 bits per heavy atom. The van der Waals surface area contributed by atoms with Crippen LogP contribution in [0.2, 0.25) is 0 Å². The maximum atomic E-state index is 2.35. The molecule has 0 saturated heterocycles. The van der Waals surface area contributed by atoms with E-state index in [9.17, 15) is 0 Å². The van der Waals surface area contributed by atoms with Crippen molar-refractivity contribution in [2.75, 3.05) is 0 Å². The van der Waals surface area contributed by atoms with Gasteiger partial charge in [-0.05, 0) is 23.7 Å². The zero-order chi connectivity index (χ0) is 8.55. The Bertz CT molecular complexity index is 126. The fourth-order valence-corrected chi connectivity index (χ4v) is 3.62. The Kier molecular flexibility index (Phi) is 2.43. The summed E-state index contributed by atoms with van der Waals surface area (Å²) in [6.45, 7) is 4.70. The highest BCUT2D eigenvalue weighted by Crippen LogP contribution is 2.48. The Morgan fingerprint density at radius 3 is 1.50 bits per heavy atom. The van der Waals surface area contributed by atoms with Crippen LogP contribution in [0.1, 0.15) is 52.4 Å². The number of fused-ring (bicyclic) bond motifs is 2. The molecule has 2 bridgehead atoms. The first kappa shape index (κ1) is 8.59. The van der Waals surface area contributed by atoms with Gasteiger partial charge in [-0.3, -0.25) is 0 Å². The standard InChI is InChI=1S/C12H21/c1-9(2)12-10-5-3-6-11(12)8-4-7-10/h10-12H,3-8H2,1-2H3. The van der Waals surface area contributed by atoms with Crippen LogP contribution >= 0.6 is 0 Å². The highest BCUT2D eigenvalue weighted by molar-refractivity contribution is 4.99. The summed E-state index contributed by atoms with van der Waals surface area (Å²) >= 11 is 0. The van der Waals surface area contributed by atoms with E-state index in [2.05, 4.69) is 13.8 Å². The van der Waals surface area contributed by atoms with Gasteiger partial charge < -0.3 is 0 Å². The summed E-state index contributed by atoms with van der Waals surface area (Å²) in [5.74, 6) is 4.86. The number of hydrogen-bond donors (Lipinski definition) is 0. The van der Waals surface area contributed by atoms with E-state index in [0.717, 1.165) is 17.8 Å². The molecule has 2 aliphatic carbocycles. The number of hydrogen-bond acceptors (Lipinski definition) is 0. The molecule has 0 N–H and O–H groups in total. The lowest BCUT2D eigenvalue weighted by Gasteiger charge is -2.44. The molecule has 2 aliphatic rings. The third-order valence-corrected chi connectivity index (χ3v) is 3.98. The quantitative estimate of drug-likeness (QED) is 0.554. The largest absolute Gasteiger partial charge is 0.0591 e. The lowest BCUT2D eigenvalue weighted by Crippen LogP contribution is -2.34. The van der Waals surface area contributed by atoms with Crippen molar-refractivity contribution in [3.63, 3.8) is 0 Å². The fraction of sp³-hybridized carbons (Fsp3) is 0.917. The van der Waals surface area contributed by atoms with Crippen LogP contribution in [0.3, 0.4) is 0 Å². The Morgan fingerprint density at radius 1 is 0.833 bits per heavy atom. The van der Waals surface area contributed by atoms with E-state index in [1.54, 1.807) is 5.92 Å². The summed E-state index contributed by atoms with van der Waals surface area (Å²) in [6, 6.07) is 0. The first-order chi connectivity index (χ1) is 5.79. The molecule has 0 atom stereocenters. The van der Waals surface area contributed by atoms with Gasteiger partial charge in [-0.25, -0.2) is 0 Å². The molecule has 2 fully saturated rings. The van der Waals surface area contributed by atoms with Gasteiger partial charge in [-0.1, -0.05) is 52.4 Å². The molecule has 0 aliphatic heterocycles. The Labute approximate surface area is 76.7 Å². The SMILES string of the molecule is C[C](C)C1C2CCCC1CCC2. The van der Waals surface area contributed by atoms with Crippen molar-refractivity contribution in [3.05, 3.63) is 5.92 Å². The average molecular weight is 165 g/mol. The summed E-state index contributed by atoms with van der Waals surface area (Å²) in [5.41, 5.74) is 0. The predicted molar refractivity (Wildman–Crippen MR) is 52.8 cm³/mol. The molecule has 0 heterocycles. The molecule has 2 rings (SSSR count). The van der Waals surface area contributed by atoms with E-state index in [1.165, 1.54) is 38.5 Å². The minimum absolute atomic E-state index is 1.01. The normalized spacial score (nSPS) is 41.8. The van der Waals surface area contributed by atoms with Crippen molar-refractivity contribution in [1.29, 1.82) is 0 Å². The second-order valence-corrected chi connectivity index (χ2v) is 4.99. The van der Waals surface area contributed by atoms with Gasteiger partial charge in [0.1, 0.15) is 0 Å². The maximum Gasteiger partial charge on any atom is -0.0267 e. The van der Waals surface area contributed by atoms with Crippen LogP contribution < -0.4 is 0 Å². The molecule has 0 nitrogen and oxygen atoms in total. The van der Waals surface area contributed by atoms with Crippen molar-refractivity contribution < 1.29 is 0 Å². The van der Waals surface area contributed by atoms with Gasteiger partial charge in [0.05, 0.1) is 0 Å². The first-order valence-electron chi connectivity index (χ1n) is 5.59. The van der Waals surface area contributed by atoms with Crippen LogP contribution in [0.5, 0.6) is 0 Å². The molecule has 0 spiro atoms. The monoisotopic (exact) mass is 165 g/mol. The minimum atomic E-state index is 1.01. The topological polar surface area (TPSA) is 0 Å². The van der Waals surface area contributed by atoms with Crippen molar-refractivity contribution in [3.8, 4) is 0 Å². The molecular weight excluding hydrogens is 144 g/mol. The molecule has 0 heteroatoms. The van der Waals surface area contributed by atoms with E-state index in [-0.39, 0.29) is 0 Å². The van der Waals surface area contributed by atoms with Gasteiger partial charge >= 0.3 is 0 Å². The zero-order valence-electron chi connectivity index (χ0n) is 8.47. The highest BCUT2D eigenvalue weighted by Gasteiger charge is 2.37. The molecule has 0 aromatic rings. The zero-order valence-corrected chi connectivity index (χ0v) is 8.47. The van der Waals surface area contributed by atoms with Gasteiger partial charge in [0, 0.05) is 0 Å². The molecule has 1 radical (unpaired) electrons. The van der Waals surface area contributed by atoms with E-state index >= 15 is 0 Å². The van der Waals surface area contributed by atoms with E-state index in [0.29, 0.717) is 0 Å². The first-order valence-corrected chi connectivity index (χ1v) is 5.59.